The number of halogens is 1. The van der Waals surface area contributed by atoms with Crippen molar-refractivity contribution >= 4 is 29.9 Å². The Morgan fingerprint density at radius 3 is 2.52 bits per heavy atom. The van der Waals surface area contributed by atoms with Crippen LogP contribution in [0, 0.1) is 0 Å². The molecule has 3 rings (SSSR count). The number of benzene rings is 1. The van der Waals surface area contributed by atoms with Crippen molar-refractivity contribution in [2.24, 2.45) is 4.99 Å². The summed E-state index contributed by atoms with van der Waals surface area (Å²) in [5.41, 5.74) is 3.59. The SMILES string of the molecule is CCNC(=NCc1ccc(CN2CCCC2)cc1)NCc1cccnc1OC.I. The van der Waals surface area contributed by atoms with Crippen LogP contribution in [0.4, 0.5) is 0 Å². The molecule has 2 heterocycles. The molecule has 1 fully saturated rings. The van der Waals surface area contributed by atoms with E-state index < -0.39 is 0 Å². The van der Waals surface area contributed by atoms with Gasteiger partial charge in [-0.3, -0.25) is 4.90 Å². The highest BCUT2D eigenvalue weighted by atomic mass is 127. The van der Waals surface area contributed by atoms with Crippen LogP contribution >= 0.6 is 24.0 Å². The number of aromatic nitrogens is 1. The van der Waals surface area contributed by atoms with E-state index in [0.29, 0.717) is 19.0 Å². The van der Waals surface area contributed by atoms with Crippen molar-refractivity contribution in [2.75, 3.05) is 26.7 Å². The van der Waals surface area contributed by atoms with Gasteiger partial charge in [-0.2, -0.15) is 0 Å². The number of rotatable bonds is 8. The molecule has 158 valence electrons. The zero-order chi connectivity index (χ0) is 19.6. The highest BCUT2D eigenvalue weighted by Gasteiger charge is 2.11. The van der Waals surface area contributed by atoms with Gasteiger partial charge in [-0.1, -0.05) is 30.3 Å². The fraction of sp³-hybridized carbons (Fsp3) is 0.455. The van der Waals surface area contributed by atoms with Crippen molar-refractivity contribution in [3.8, 4) is 5.88 Å². The molecule has 0 amide bonds. The van der Waals surface area contributed by atoms with Crippen molar-refractivity contribution in [2.45, 2.75) is 39.4 Å². The molecule has 0 atom stereocenters. The van der Waals surface area contributed by atoms with Gasteiger partial charge in [-0.25, -0.2) is 9.98 Å². The van der Waals surface area contributed by atoms with Crippen LogP contribution < -0.4 is 15.4 Å². The molecule has 1 aromatic carbocycles. The zero-order valence-electron chi connectivity index (χ0n) is 17.4. The van der Waals surface area contributed by atoms with Crippen LogP contribution in [-0.2, 0) is 19.6 Å². The Morgan fingerprint density at radius 1 is 1.10 bits per heavy atom. The third-order valence-corrected chi connectivity index (χ3v) is 4.88. The summed E-state index contributed by atoms with van der Waals surface area (Å²) in [4.78, 5) is 11.5. The molecule has 6 nitrogen and oxygen atoms in total. The number of hydrogen-bond donors (Lipinski definition) is 2. The van der Waals surface area contributed by atoms with Gasteiger partial charge in [0.1, 0.15) is 0 Å². The molecule has 1 saturated heterocycles. The Balaban J connectivity index is 0.00000300. The number of ether oxygens (including phenoxy) is 1. The van der Waals surface area contributed by atoms with Crippen LogP contribution in [0.15, 0.2) is 47.6 Å². The number of pyridine rings is 1. The van der Waals surface area contributed by atoms with Crippen molar-refractivity contribution < 1.29 is 4.74 Å². The van der Waals surface area contributed by atoms with E-state index in [0.717, 1.165) is 24.6 Å². The van der Waals surface area contributed by atoms with Crippen molar-refractivity contribution in [3.05, 3.63) is 59.3 Å². The van der Waals surface area contributed by atoms with Gasteiger partial charge in [-0.05, 0) is 50.0 Å². The van der Waals surface area contributed by atoms with Crippen LogP contribution in [-0.4, -0.2) is 42.6 Å². The number of guanidine groups is 1. The number of aliphatic imine (C=N–C) groups is 1. The van der Waals surface area contributed by atoms with Gasteiger partial charge >= 0.3 is 0 Å². The first kappa shape index (κ1) is 23.4. The van der Waals surface area contributed by atoms with Crippen molar-refractivity contribution in [1.29, 1.82) is 0 Å². The largest absolute Gasteiger partial charge is 0.481 e. The number of hydrogen-bond acceptors (Lipinski definition) is 4. The molecule has 0 saturated carbocycles. The van der Waals surface area contributed by atoms with Crippen LogP contribution in [0.1, 0.15) is 36.5 Å². The summed E-state index contributed by atoms with van der Waals surface area (Å²) >= 11 is 0. The summed E-state index contributed by atoms with van der Waals surface area (Å²) in [7, 11) is 1.64. The third kappa shape index (κ3) is 7.47. The predicted octanol–water partition coefficient (Wildman–Crippen LogP) is 3.56. The smallest absolute Gasteiger partial charge is 0.218 e. The van der Waals surface area contributed by atoms with Gasteiger partial charge in [0, 0.05) is 31.4 Å². The molecule has 2 aromatic rings. The molecule has 0 unspecified atom stereocenters. The molecule has 0 spiro atoms. The van der Waals surface area contributed by atoms with Gasteiger partial charge in [-0.15, -0.1) is 24.0 Å². The minimum atomic E-state index is 0. The maximum atomic E-state index is 5.31. The molecule has 0 aliphatic carbocycles. The fourth-order valence-corrected chi connectivity index (χ4v) is 3.38. The fourth-order valence-electron chi connectivity index (χ4n) is 3.38. The lowest BCUT2D eigenvalue weighted by Gasteiger charge is -2.15. The lowest BCUT2D eigenvalue weighted by Crippen LogP contribution is -2.36. The minimum absolute atomic E-state index is 0. The van der Waals surface area contributed by atoms with Gasteiger partial charge in [0.15, 0.2) is 5.96 Å². The predicted molar refractivity (Wildman–Crippen MR) is 129 cm³/mol. The first-order valence-electron chi connectivity index (χ1n) is 10.1. The Hall–Kier alpha value is -1.87. The normalized spacial score (nSPS) is 14.3. The molecule has 29 heavy (non-hydrogen) atoms. The molecule has 7 heteroatoms. The molecule has 1 aliphatic heterocycles. The molecular formula is C22H32IN5O. The van der Waals surface area contributed by atoms with Gasteiger partial charge in [0.25, 0.3) is 0 Å². The molecule has 1 aliphatic rings. The summed E-state index contributed by atoms with van der Waals surface area (Å²) in [6, 6.07) is 12.7. The second kappa shape index (κ2) is 12.6. The highest BCUT2D eigenvalue weighted by Crippen LogP contribution is 2.14. The Bertz CT molecular complexity index is 760. The Kier molecular flexibility index (Phi) is 10.2. The summed E-state index contributed by atoms with van der Waals surface area (Å²) < 4.78 is 5.31. The average Bonchev–Trinajstić information content (AvgIpc) is 3.24. The molecule has 2 N–H and O–H groups in total. The lowest BCUT2D eigenvalue weighted by molar-refractivity contribution is 0.331. The van der Waals surface area contributed by atoms with E-state index >= 15 is 0 Å². The zero-order valence-corrected chi connectivity index (χ0v) is 19.7. The number of likely N-dealkylation sites (tertiary alicyclic amines) is 1. The van der Waals surface area contributed by atoms with E-state index in [2.05, 4.69) is 51.7 Å². The standard InChI is InChI=1S/C22H31N5O.HI/c1-3-23-22(26-16-20-7-6-12-24-21(20)28-2)25-15-18-8-10-19(11-9-18)17-27-13-4-5-14-27;/h6-12H,3-5,13-17H2,1-2H3,(H2,23,25,26);1H. The third-order valence-electron chi connectivity index (χ3n) is 4.88. The van der Waals surface area contributed by atoms with E-state index in [1.54, 1.807) is 13.3 Å². The second-order valence-electron chi connectivity index (χ2n) is 7.02. The van der Waals surface area contributed by atoms with Crippen molar-refractivity contribution in [1.82, 2.24) is 20.5 Å². The monoisotopic (exact) mass is 509 g/mol. The maximum absolute atomic E-state index is 5.31. The topological polar surface area (TPSA) is 61.8 Å². The van der Waals surface area contributed by atoms with Crippen LogP contribution in [0.5, 0.6) is 5.88 Å². The Morgan fingerprint density at radius 2 is 1.83 bits per heavy atom. The number of methoxy groups -OCH3 is 1. The molecule has 0 bridgehead atoms. The molecule has 0 radical (unpaired) electrons. The first-order valence-corrected chi connectivity index (χ1v) is 10.1. The van der Waals surface area contributed by atoms with Crippen molar-refractivity contribution in [3.63, 3.8) is 0 Å². The quantitative estimate of drug-likeness (QED) is 0.324. The van der Waals surface area contributed by atoms with E-state index in [1.807, 2.05) is 12.1 Å². The number of nitrogens with one attached hydrogen (secondary N) is 2. The second-order valence-corrected chi connectivity index (χ2v) is 7.02. The van der Waals surface area contributed by atoms with Crippen LogP contribution in [0.25, 0.3) is 0 Å². The lowest BCUT2D eigenvalue weighted by atomic mass is 10.1. The van der Waals surface area contributed by atoms with E-state index in [9.17, 15) is 0 Å². The van der Waals surface area contributed by atoms with E-state index in [-0.39, 0.29) is 24.0 Å². The number of nitrogens with zero attached hydrogens (tertiary/aromatic N) is 3. The average molecular weight is 509 g/mol. The summed E-state index contributed by atoms with van der Waals surface area (Å²) in [5.74, 6) is 1.42. The van der Waals surface area contributed by atoms with Gasteiger partial charge in [0.05, 0.1) is 13.7 Å². The summed E-state index contributed by atoms with van der Waals surface area (Å²) in [6.45, 7) is 7.64. The highest BCUT2D eigenvalue weighted by molar-refractivity contribution is 14.0. The van der Waals surface area contributed by atoms with Crippen LogP contribution in [0.2, 0.25) is 0 Å². The van der Waals surface area contributed by atoms with Gasteiger partial charge in [0.2, 0.25) is 5.88 Å². The van der Waals surface area contributed by atoms with E-state index in [4.69, 9.17) is 9.73 Å². The van der Waals surface area contributed by atoms with Crippen LogP contribution in [0.3, 0.4) is 0 Å². The minimum Gasteiger partial charge on any atom is -0.481 e. The van der Waals surface area contributed by atoms with E-state index in [1.165, 1.54) is 37.1 Å². The van der Waals surface area contributed by atoms with Gasteiger partial charge < -0.3 is 15.4 Å². The molecular weight excluding hydrogens is 477 g/mol. The molecule has 1 aromatic heterocycles. The summed E-state index contributed by atoms with van der Waals surface area (Å²) in [6.07, 6.45) is 4.39. The maximum Gasteiger partial charge on any atom is 0.218 e. The Labute approximate surface area is 191 Å². The first-order chi connectivity index (χ1) is 13.8. The summed E-state index contributed by atoms with van der Waals surface area (Å²) in [5, 5.41) is 6.65.